The first-order chi connectivity index (χ1) is 9.42. The van der Waals surface area contributed by atoms with Crippen LogP contribution in [0.1, 0.15) is 38.2 Å². The Labute approximate surface area is 128 Å². The molecule has 1 saturated carbocycles. The highest BCUT2D eigenvalue weighted by molar-refractivity contribution is 9.10. The molecule has 0 amide bonds. The number of rotatable bonds is 4. The number of aliphatic hydroxyl groups excluding tert-OH is 1. The second kappa shape index (κ2) is 6.56. The zero-order valence-electron chi connectivity index (χ0n) is 11.5. The van der Waals surface area contributed by atoms with Crippen LogP contribution in [0.2, 0.25) is 0 Å². The summed E-state index contributed by atoms with van der Waals surface area (Å²) in [5, 5.41) is 9.06. The van der Waals surface area contributed by atoms with Gasteiger partial charge in [0.2, 0.25) is 10.0 Å². The molecule has 1 fully saturated rings. The molecule has 0 aromatic heterocycles. The van der Waals surface area contributed by atoms with E-state index in [-0.39, 0.29) is 17.5 Å². The second-order valence-corrected chi connectivity index (χ2v) is 8.04. The van der Waals surface area contributed by atoms with Gasteiger partial charge in [-0.1, -0.05) is 13.0 Å². The fraction of sp³-hybridized carbons (Fsp3) is 0.571. The van der Waals surface area contributed by atoms with Gasteiger partial charge >= 0.3 is 0 Å². The van der Waals surface area contributed by atoms with Crippen molar-refractivity contribution in [3.63, 3.8) is 0 Å². The molecule has 4 nitrogen and oxygen atoms in total. The van der Waals surface area contributed by atoms with Crippen molar-refractivity contribution < 1.29 is 13.5 Å². The minimum Gasteiger partial charge on any atom is -0.392 e. The van der Waals surface area contributed by atoms with Gasteiger partial charge in [0.25, 0.3) is 0 Å². The molecule has 0 spiro atoms. The van der Waals surface area contributed by atoms with Gasteiger partial charge in [-0.25, -0.2) is 13.1 Å². The van der Waals surface area contributed by atoms with Crippen molar-refractivity contribution in [1.82, 2.24) is 4.72 Å². The van der Waals surface area contributed by atoms with Gasteiger partial charge in [-0.15, -0.1) is 0 Å². The topological polar surface area (TPSA) is 66.4 Å². The first-order valence-electron chi connectivity index (χ1n) is 6.84. The smallest absolute Gasteiger partial charge is 0.241 e. The van der Waals surface area contributed by atoms with E-state index in [1.54, 1.807) is 12.1 Å². The standard InChI is InChI=1S/C14H20BrNO3S/c1-10-2-5-12(6-3-10)16-20(18,19)14-7-4-11(9-17)8-13(14)15/h4,7-8,10,12,16-17H,2-3,5-6,9H2,1H3. The van der Waals surface area contributed by atoms with Crippen LogP contribution in [0.15, 0.2) is 27.6 Å². The van der Waals surface area contributed by atoms with E-state index in [4.69, 9.17) is 5.11 Å². The quantitative estimate of drug-likeness (QED) is 0.866. The summed E-state index contributed by atoms with van der Waals surface area (Å²) in [5.41, 5.74) is 0.683. The van der Waals surface area contributed by atoms with Crippen molar-refractivity contribution in [1.29, 1.82) is 0 Å². The molecular formula is C14H20BrNO3S. The van der Waals surface area contributed by atoms with Crippen molar-refractivity contribution in [2.24, 2.45) is 5.92 Å². The van der Waals surface area contributed by atoms with Crippen molar-refractivity contribution in [3.8, 4) is 0 Å². The largest absolute Gasteiger partial charge is 0.392 e. The fourth-order valence-electron chi connectivity index (χ4n) is 2.52. The Balaban J connectivity index is 2.14. The highest BCUT2D eigenvalue weighted by Gasteiger charge is 2.25. The molecule has 0 atom stereocenters. The molecule has 0 bridgehead atoms. The number of halogens is 1. The summed E-state index contributed by atoms with van der Waals surface area (Å²) in [6.45, 7) is 2.10. The van der Waals surface area contributed by atoms with E-state index in [0.717, 1.165) is 25.7 Å². The van der Waals surface area contributed by atoms with E-state index in [0.29, 0.717) is 16.0 Å². The van der Waals surface area contributed by atoms with E-state index < -0.39 is 10.0 Å². The molecule has 0 unspecified atom stereocenters. The van der Waals surface area contributed by atoms with Crippen LogP contribution in [-0.2, 0) is 16.6 Å². The van der Waals surface area contributed by atoms with Crippen LogP contribution in [0.5, 0.6) is 0 Å². The number of hydrogen-bond acceptors (Lipinski definition) is 3. The van der Waals surface area contributed by atoms with Crippen molar-refractivity contribution >= 4 is 26.0 Å². The molecule has 1 aromatic carbocycles. The Bertz CT molecular complexity index is 566. The molecule has 1 aliphatic carbocycles. The molecular weight excluding hydrogens is 342 g/mol. The number of sulfonamides is 1. The lowest BCUT2D eigenvalue weighted by atomic mass is 9.88. The minimum atomic E-state index is -3.51. The number of hydrogen-bond donors (Lipinski definition) is 2. The van der Waals surface area contributed by atoms with Crippen LogP contribution in [0, 0.1) is 5.92 Å². The first kappa shape index (κ1) is 15.9. The van der Waals surface area contributed by atoms with Crippen LogP contribution in [0.4, 0.5) is 0 Å². The summed E-state index contributed by atoms with van der Waals surface area (Å²) in [4.78, 5) is 0.230. The number of nitrogens with one attached hydrogen (secondary N) is 1. The molecule has 112 valence electrons. The average Bonchev–Trinajstić information content (AvgIpc) is 2.40. The monoisotopic (exact) mass is 361 g/mol. The summed E-state index contributed by atoms with van der Waals surface area (Å²) in [6, 6.07) is 4.82. The minimum absolute atomic E-state index is 0.0284. The average molecular weight is 362 g/mol. The van der Waals surface area contributed by atoms with Crippen LogP contribution in [0.25, 0.3) is 0 Å². The van der Waals surface area contributed by atoms with Gasteiger partial charge in [0, 0.05) is 10.5 Å². The molecule has 0 radical (unpaired) electrons. The Morgan fingerprint density at radius 2 is 1.95 bits per heavy atom. The maximum atomic E-state index is 12.4. The van der Waals surface area contributed by atoms with Gasteiger partial charge in [0.15, 0.2) is 0 Å². The molecule has 6 heteroatoms. The molecule has 0 saturated heterocycles. The van der Waals surface area contributed by atoms with Gasteiger partial charge in [0.05, 0.1) is 11.5 Å². The van der Waals surface area contributed by atoms with Crippen LogP contribution in [0.3, 0.4) is 0 Å². The Morgan fingerprint density at radius 1 is 1.30 bits per heavy atom. The summed E-state index contributed by atoms with van der Waals surface area (Å²) in [5.74, 6) is 0.686. The Morgan fingerprint density at radius 3 is 2.50 bits per heavy atom. The molecule has 2 rings (SSSR count). The molecule has 0 aliphatic heterocycles. The van der Waals surface area contributed by atoms with Crippen LogP contribution in [-0.4, -0.2) is 19.6 Å². The van der Waals surface area contributed by atoms with E-state index in [9.17, 15) is 8.42 Å². The molecule has 0 heterocycles. The maximum Gasteiger partial charge on any atom is 0.241 e. The summed E-state index contributed by atoms with van der Waals surface area (Å²) in [7, 11) is -3.51. The molecule has 2 N–H and O–H groups in total. The zero-order chi connectivity index (χ0) is 14.8. The predicted molar refractivity (Wildman–Crippen MR) is 81.8 cm³/mol. The number of aliphatic hydroxyl groups is 1. The predicted octanol–water partition coefficient (Wildman–Crippen LogP) is 2.80. The molecule has 20 heavy (non-hydrogen) atoms. The SMILES string of the molecule is CC1CCC(NS(=O)(=O)c2ccc(CO)cc2Br)CC1. The third-order valence-electron chi connectivity index (χ3n) is 3.81. The summed E-state index contributed by atoms with van der Waals surface area (Å²) in [6.07, 6.45) is 3.93. The lowest BCUT2D eigenvalue weighted by molar-refractivity contribution is 0.281. The zero-order valence-corrected chi connectivity index (χ0v) is 13.9. The van der Waals surface area contributed by atoms with Gasteiger partial charge in [0.1, 0.15) is 0 Å². The fourth-order valence-corrected chi connectivity index (χ4v) is 4.95. The van der Waals surface area contributed by atoms with Crippen molar-refractivity contribution in [2.45, 2.75) is 50.2 Å². The van der Waals surface area contributed by atoms with Crippen molar-refractivity contribution in [2.75, 3.05) is 0 Å². The highest BCUT2D eigenvalue weighted by atomic mass is 79.9. The van der Waals surface area contributed by atoms with E-state index in [1.807, 2.05) is 0 Å². The van der Waals surface area contributed by atoms with E-state index in [1.165, 1.54) is 6.07 Å². The van der Waals surface area contributed by atoms with Gasteiger partial charge in [-0.05, 0) is 65.2 Å². The van der Waals surface area contributed by atoms with Gasteiger partial charge < -0.3 is 5.11 Å². The summed E-state index contributed by atoms with van der Waals surface area (Å²) >= 11 is 3.27. The Kier molecular flexibility index (Phi) is 5.23. The van der Waals surface area contributed by atoms with E-state index in [2.05, 4.69) is 27.6 Å². The number of benzene rings is 1. The van der Waals surface area contributed by atoms with Crippen LogP contribution >= 0.6 is 15.9 Å². The normalized spacial score (nSPS) is 23.8. The third kappa shape index (κ3) is 3.81. The maximum absolute atomic E-state index is 12.4. The summed E-state index contributed by atoms with van der Waals surface area (Å²) < 4.78 is 28.1. The van der Waals surface area contributed by atoms with E-state index >= 15 is 0 Å². The lowest BCUT2D eigenvalue weighted by Crippen LogP contribution is -2.37. The molecule has 1 aromatic rings. The Hall–Kier alpha value is -0.430. The van der Waals surface area contributed by atoms with Gasteiger partial charge in [-0.2, -0.15) is 0 Å². The molecule has 1 aliphatic rings. The van der Waals surface area contributed by atoms with Gasteiger partial charge in [-0.3, -0.25) is 0 Å². The lowest BCUT2D eigenvalue weighted by Gasteiger charge is -2.26. The third-order valence-corrected chi connectivity index (χ3v) is 6.30. The first-order valence-corrected chi connectivity index (χ1v) is 9.11. The van der Waals surface area contributed by atoms with Crippen molar-refractivity contribution in [3.05, 3.63) is 28.2 Å². The second-order valence-electron chi connectivity index (χ2n) is 5.50. The van der Waals surface area contributed by atoms with Crippen LogP contribution < -0.4 is 4.72 Å². The highest BCUT2D eigenvalue weighted by Crippen LogP contribution is 2.27.